The van der Waals surface area contributed by atoms with E-state index in [1.54, 1.807) is 0 Å². The van der Waals surface area contributed by atoms with Gasteiger partial charge in [-0.25, -0.2) is 8.78 Å². The van der Waals surface area contributed by atoms with Crippen LogP contribution in [0.4, 0.5) is 8.78 Å². The van der Waals surface area contributed by atoms with Gasteiger partial charge in [0.25, 0.3) is 5.56 Å². The summed E-state index contributed by atoms with van der Waals surface area (Å²) in [7, 11) is 0. The molecule has 0 amide bonds. The van der Waals surface area contributed by atoms with Crippen molar-refractivity contribution >= 4 is 0 Å². The van der Waals surface area contributed by atoms with Gasteiger partial charge in [-0.3, -0.25) is 14.6 Å². The minimum Gasteiger partial charge on any atom is -0.311 e. The minimum atomic E-state index is -2.37. The molecule has 0 aliphatic carbocycles. The second-order valence-electron chi connectivity index (χ2n) is 3.63. The quantitative estimate of drug-likeness (QED) is 0.773. The van der Waals surface area contributed by atoms with Gasteiger partial charge in [0.05, 0.1) is 5.69 Å². The van der Waals surface area contributed by atoms with Crippen molar-refractivity contribution in [3.8, 4) is 0 Å². The molecule has 1 aromatic rings. The van der Waals surface area contributed by atoms with Crippen molar-refractivity contribution in [1.82, 2.24) is 15.1 Å². The largest absolute Gasteiger partial charge is 0.311 e. The third kappa shape index (κ3) is 2.09. The molecule has 0 saturated carbocycles. The highest BCUT2D eigenvalue weighted by molar-refractivity contribution is 5.19. The molecule has 2 N–H and O–H groups in total. The number of aromatic amines is 1. The molecule has 2 heterocycles. The summed E-state index contributed by atoms with van der Waals surface area (Å²) in [6, 6.07) is 0. The van der Waals surface area contributed by atoms with E-state index in [9.17, 15) is 13.6 Å². The van der Waals surface area contributed by atoms with E-state index in [0.717, 1.165) is 17.8 Å². The van der Waals surface area contributed by atoms with E-state index in [4.69, 9.17) is 0 Å². The van der Waals surface area contributed by atoms with Gasteiger partial charge in [0.2, 0.25) is 6.43 Å². The standard InChI is InChI=1S/C9H13F2N3O/c10-8(11)2-4-14-9(15)6-1-3-12-5-7(6)13-14/h8,12-13H,1-5H2. The van der Waals surface area contributed by atoms with Gasteiger partial charge in [-0.15, -0.1) is 0 Å². The summed E-state index contributed by atoms with van der Waals surface area (Å²) in [6.07, 6.45) is -1.98. The van der Waals surface area contributed by atoms with Gasteiger partial charge in [0.15, 0.2) is 0 Å². The number of rotatable bonds is 3. The van der Waals surface area contributed by atoms with Gasteiger partial charge in [-0.05, 0) is 13.0 Å². The van der Waals surface area contributed by atoms with E-state index in [0.29, 0.717) is 13.0 Å². The highest BCUT2D eigenvalue weighted by atomic mass is 19.3. The van der Waals surface area contributed by atoms with E-state index in [1.165, 1.54) is 4.68 Å². The van der Waals surface area contributed by atoms with Crippen molar-refractivity contribution in [2.24, 2.45) is 0 Å². The van der Waals surface area contributed by atoms with E-state index in [1.807, 2.05) is 0 Å². The number of hydrogen-bond donors (Lipinski definition) is 2. The van der Waals surface area contributed by atoms with Crippen LogP contribution in [-0.2, 0) is 19.5 Å². The van der Waals surface area contributed by atoms with Crippen molar-refractivity contribution in [1.29, 1.82) is 0 Å². The Morgan fingerprint density at radius 3 is 2.93 bits per heavy atom. The van der Waals surface area contributed by atoms with E-state index >= 15 is 0 Å². The number of aryl methyl sites for hydroxylation is 1. The topological polar surface area (TPSA) is 49.8 Å². The molecule has 84 valence electrons. The molecule has 2 rings (SSSR count). The number of halogens is 2. The molecule has 0 saturated heterocycles. The highest BCUT2D eigenvalue weighted by Gasteiger charge is 2.17. The SMILES string of the molecule is O=c1c2c([nH]n1CCC(F)F)CNCC2. The third-order valence-electron chi connectivity index (χ3n) is 2.56. The average Bonchev–Trinajstić information content (AvgIpc) is 2.54. The molecule has 0 bridgehead atoms. The van der Waals surface area contributed by atoms with Crippen LogP contribution in [0, 0.1) is 0 Å². The Balaban J connectivity index is 2.18. The zero-order valence-electron chi connectivity index (χ0n) is 8.22. The molecule has 0 radical (unpaired) electrons. The number of alkyl halides is 2. The van der Waals surface area contributed by atoms with Gasteiger partial charge in [-0.1, -0.05) is 0 Å². The molecular weight excluding hydrogens is 204 g/mol. The second-order valence-corrected chi connectivity index (χ2v) is 3.63. The number of aromatic nitrogens is 2. The Hall–Kier alpha value is -1.17. The molecule has 1 aliphatic rings. The molecule has 0 unspecified atom stereocenters. The molecule has 1 aromatic heterocycles. The van der Waals surface area contributed by atoms with Crippen molar-refractivity contribution < 1.29 is 8.78 Å². The van der Waals surface area contributed by atoms with Crippen molar-refractivity contribution in [2.45, 2.75) is 32.4 Å². The number of nitrogens with one attached hydrogen (secondary N) is 2. The minimum absolute atomic E-state index is 0.0590. The second kappa shape index (κ2) is 4.14. The van der Waals surface area contributed by atoms with Crippen LogP contribution in [0.3, 0.4) is 0 Å². The highest BCUT2D eigenvalue weighted by Crippen LogP contribution is 2.07. The summed E-state index contributed by atoms with van der Waals surface area (Å²) < 4.78 is 25.3. The summed E-state index contributed by atoms with van der Waals surface area (Å²) in [6.45, 7) is 1.45. The van der Waals surface area contributed by atoms with Crippen LogP contribution in [0.1, 0.15) is 17.7 Å². The first-order valence-electron chi connectivity index (χ1n) is 4.98. The van der Waals surface area contributed by atoms with E-state index < -0.39 is 6.43 Å². The maximum atomic E-state index is 12.0. The first-order chi connectivity index (χ1) is 7.18. The molecule has 0 aromatic carbocycles. The maximum absolute atomic E-state index is 12.0. The molecule has 1 aliphatic heterocycles. The average molecular weight is 217 g/mol. The van der Waals surface area contributed by atoms with Crippen LogP contribution in [0.5, 0.6) is 0 Å². The molecule has 0 spiro atoms. The van der Waals surface area contributed by atoms with Crippen molar-refractivity contribution in [3.63, 3.8) is 0 Å². The predicted molar refractivity (Wildman–Crippen MR) is 51.1 cm³/mol. The Labute approximate surface area is 85.3 Å². The number of hydrogen-bond acceptors (Lipinski definition) is 2. The lowest BCUT2D eigenvalue weighted by molar-refractivity contribution is 0.129. The van der Waals surface area contributed by atoms with Crippen LogP contribution in [-0.4, -0.2) is 22.8 Å². The van der Waals surface area contributed by atoms with Gasteiger partial charge in [-0.2, -0.15) is 0 Å². The molecule has 6 heteroatoms. The Kier molecular flexibility index (Phi) is 2.86. The zero-order valence-corrected chi connectivity index (χ0v) is 8.22. The van der Waals surface area contributed by atoms with Gasteiger partial charge >= 0.3 is 0 Å². The van der Waals surface area contributed by atoms with Gasteiger partial charge < -0.3 is 5.32 Å². The van der Waals surface area contributed by atoms with Gasteiger partial charge in [0, 0.05) is 25.1 Å². The van der Waals surface area contributed by atoms with Crippen LogP contribution >= 0.6 is 0 Å². The first kappa shape index (κ1) is 10.4. The Bertz CT molecular complexity index is 397. The number of fused-ring (bicyclic) bond motifs is 1. The van der Waals surface area contributed by atoms with Gasteiger partial charge in [0.1, 0.15) is 0 Å². The fraction of sp³-hybridized carbons (Fsp3) is 0.667. The van der Waals surface area contributed by atoms with Crippen LogP contribution in [0.25, 0.3) is 0 Å². The lowest BCUT2D eigenvalue weighted by Gasteiger charge is -2.09. The van der Waals surface area contributed by atoms with Crippen molar-refractivity contribution in [2.75, 3.05) is 6.54 Å². The van der Waals surface area contributed by atoms with Crippen LogP contribution in [0.2, 0.25) is 0 Å². The molecule has 4 nitrogen and oxygen atoms in total. The fourth-order valence-corrected chi connectivity index (χ4v) is 1.79. The maximum Gasteiger partial charge on any atom is 0.270 e. The van der Waals surface area contributed by atoms with E-state index in [2.05, 4.69) is 10.4 Å². The van der Waals surface area contributed by atoms with Crippen LogP contribution in [0.15, 0.2) is 4.79 Å². The Morgan fingerprint density at radius 1 is 1.47 bits per heavy atom. The van der Waals surface area contributed by atoms with E-state index in [-0.39, 0.29) is 18.5 Å². The normalized spacial score (nSPS) is 15.7. The molecule has 15 heavy (non-hydrogen) atoms. The summed E-state index contributed by atoms with van der Waals surface area (Å²) in [4.78, 5) is 11.7. The monoisotopic (exact) mass is 217 g/mol. The lowest BCUT2D eigenvalue weighted by atomic mass is 10.1. The Morgan fingerprint density at radius 2 is 2.27 bits per heavy atom. The summed E-state index contributed by atoms with van der Waals surface area (Å²) in [5, 5.41) is 5.98. The summed E-state index contributed by atoms with van der Waals surface area (Å²) >= 11 is 0. The number of nitrogens with zero attached hydrogens (tertiary/aromatic N) is 1. The van der Waals surface area contributed by atoms with Crippen molar-refractivity contribution in [3.05, 3.63) is 21.6 Å². The lowest BCUT2D eigenvalue weighted by Crippen LogP contribution is -2.27. The molecular formula is C9H13F2N3O. The zero-order chi connectivity index (χ0) is 10.8. The summed E-state index contributed by atoms with van der Waals surface area (Å²) in [5.74, 6) is 0. The van der Waals surface area contributed by atoms with Crippen LogP contribution < -0.4 is 10.9 Å². The summed E-state index contributed by atoms with van der Waals surface area (Å²) in [5.41, 5.74) is 1.43. The predicted octanol–water partition coefficient (Wildman–Crippen LogP) is 0.477. The molecule has 0 fully saturated rings. The third-order valence-corrected chi connectivity index (χ3v) is 2.56. The fourth-order valence-electron chi connectivity index (χ4n) is 1.79. The first-order valence-corrected chi connectivity index (χ1v) is 4.98. The number of H-pyrrole nitrogens is 1. The molecule has 0 atom stereocenters. The smallest absolute Gasteiger partial charge is 0.270 e.